The van der Waals surface area contributed by atoms with E-state index in [2.05, 4.69) is 4.98 Å². The van der Waals surface area contributed by atoms with Crippen LogP contribution in [0.3, 0.4) is 0 Å². The van der Waals surface area contributed by atoms with Crippen molar-refractivity contribution >= 4 is 17.8 Å². The summed E-state index contributed by atoms with van der Waals surface area (Å²) in [5.41, 5.74) is 8.44. The Hall–Kier alpha value is -2.33. The molecule has 3 N–H and O–H groups in total. The molecule has 0 saturated heterocycles. The number of pyridine rings is 1. The summed E-state index contributed by atoms with van der Waals surface area (Å²) in [6, 6.07) is 11.3. The van der Waals surface area contributed by atoms with Crippen LogP contribution in [0.25, 0.3) is 12.2 Å². The molecule has 1 aromatic carbocycles. The second kappa shape index (κ2) is 6.56. The molecule has 0 radical (unpaired) electrons. The van der Waals surface area contributed by atoms with E-state index in [9.17, 15) is 0 Å². The smallest absolute Gasteiger partial charge is 0.213 e. The molecule has 1 heterocycles. The summed E-state index contributed by atoms with van der Waals surface area (Å²) >= 11 is 0. The average Bonchev–Trinajstić information content (AvgIpc) is 2.46. The first-order chi connectivity index (χ1) is 9.28. The van der Waals surface area contributed by atoms with Gasteiger partial charge in [0.15, 0.2) is 0 Å². The molecule has 0 saturated carbocycles. The topological polar surface area (TPSA) is 68.4 Å². The van der Waals surface area contributed by atoms with Crippen LogP contribution in [-0.4, -0.2) is 23.3 Å². The van der Waals surface area contributed by atoms with Gasteiger partial charge in [-0.25, -0.2) is 4.98 Å². The summed E-state index contributed by atoms with van der Waals surface area (Å²) in [6.07, 6.45) is 5.68. The van der Waals surface area contributed by atoms with E-state index in [-0.39, 0.29) is 13.2 Å². The molecule has 4 heteroatoms. The Labute approximate surface area is 112 Å². The summed E-state index contributed by atoms with van der Waals surface area (Å²) in [7, 11) is 0. The predicted octanol–water partition coefficient (Wildman–Crippen LogP) is 2.21. The van der Waals surface area contributed by atoms with Gasteiger partial charge in [-0.3, -0.25) is 0 Å². The van der Waals surface area contributed by atoms with Gasteiger partial charge in [0.1, 0.15) is 6.61 Å². The van der Waals surface area contributed by atoms with Crippen LogP contribution in [0.4, 0.5) is 5.69 Å². The molecule has 0 aliphatic heterocycles. The highest BCUT2D eigenvalue weighted by molar-refractivity contribution is 5.69. The molecule has 1 aromatic heterocycles. The van der Waals surface area contributed by atoms with Crippen LogP contribution in [0, 0.1) is 0 Å². The van der Waals surface area contributed by atoms with Crippen molar-refractivity contribution in [2.75, 3.05) is 18.9 Å². The van der Waals surface area contributed by atoms with Gasteiger partial charge in [0.2, 0.25) is 5.88 Å². The molecule has 4 nitrogen and oxygen atoms in total. The van der Waals surface area contributed by atoms with Crippen molar-refractivity contribution in [3.8, 4) is 5.88 Å². The highest BCUT2D eigenvalue weighted by atomic mass is 16.5. The highest BCUT2D eigenvalue weighted by Crippen LogP contribution is 2.12. The van der Waals surface area contributed by atoms with E-state index in [0.717, 1.165) is 16.8 Å². The van der Waals surface area contributed by atoms with E-state index in [1.165, 1.54) is 0 Å². The lowest BCUT2D eigenvalue weighted by molar-refractivity contribution is 0.196. The second-order valence-corrected chi connectivity index (χ2v) is 4.00. The standard InChI is InChI=1S/C15H16N2O2/c16-14-6-3-12(4-7-14)1-2-13-5-8-15(17-11-13)19-10-9-18/h1-8,11,18H,9-10,16H2. The first-order valence-electron chi connectivity index (χ1n) is 6.01. The maximum absolute atomic E-state index is 8.64. The minimum absolute atomic E-state index is 0.0134. The maximum Gasteiger partial charge on any atom is 0.213 e. The van der Waals surface area contributed by atoms with Crippen molar-refractivity contribution in [2.24, 2.45) is 0 Å². The molecular formula is C15H16N2O2. The predicted molar refractivity (Wildman–Crippen MR) is 76.6 cm³/mol. The third kappa shape index (κ3) is 4.12. The Balaban J connectivity index is 2.00. The summed E-state index contributed by atoms with van der Waals surface area (Å²) in [5, 5.41) is 8.64. The van der Waals surface area contributed by atoms with Crippen LogP contribution >= 0.6 is 0 Å². The Kier molecular flexibility index (Phi) is 4.53. The molecule has 0 bridgehead atoms. The van der Waals surface area contributed by atoms with Crippen molar-refractivity contribution in [1.82, 2.24) is 4.98 Å². The van der Waals surface area contributed by atoms with Gasteiger partial charge in [-0.15, -0.1) is 0 Å². The number of aromatic nitrogens is 1. The minimum Gasteiger partial charge on any atom is -0.475 e. The molecular weight excluding hydrogens is 240 g/mol. The number of nitrogens with zero attached hydrogens (tertiary/aromatic N) is 1. The maximum atomic E-state index is 8.64. The SMILES string of the molecule is Nc1ccc(C=Cc2ccc(OCCO)nc2)cc1. The third-order valence-electron chi connectivity index (χ3n) is 2.51. The van der Waals surface area contributed by atoms with Gasteiger partial charge in [0, 0.05) is 18.0 Å². The normalized spacial score (nSPS) is 10.8. The van der Waals surface area contributed by atoms with Crippen LogP contribution in [-0.2, 0) is 0 Å². The Morgan fingerprint density at radius 3 is 2.37 bits per heavy atom. The van der Waals surface area contributed by atoms with Crippen LogP contribution in [0.15, 0.2) is 42.6 Å². The van der Waals surface area contributed by atoms with Gasteiger partial charge in [-0.2, -0.15) is 0 Å². The van der Waals surface area contributed by atoms with Gasteiger partial charge in [0.25, 0.3) is 0 Å². The fourth-order valence-corrected chi connectivity index (χ4v) is 1.53. The number of hydrogen-bond donors (Lipinski definition) is 2. The van der Waals surface area contributed by atoms with Gasteiger partial charge >= 0.3 is 0 Å². The lowest BCUT2D eigenvalue weighted by Gasteiger charge is -2.02. The molecule has 2 aromatic rings. The minimum atomic E-state index is -0.0134. The molecule has 0 aliphatic rings. The van der Waals surface area contributed by atoms with Crippen LogP contribution < -0.4 is 10.5 Å². The number of hydrogen-bond acceptors (Lipinski definition) is 4. The number of rotatable bonds is 5. The largest absolute Gasteiger partial charge is 0.475 e. The van der Waals surface area contributed by atoms with Crippen molar-refractivity contribution in [3.05, 3.63) is 53.7 Å². The van der Waals surface area contributed by atoms with Gasteiger partial charge < -0.3 is 15.6 Å². The summed E-state index contributed by atoms with van der Waals surface area (Å²) in [5.74, 6) is 0.513. The van der Waals surface area contributed by atoms with Crippen molar-refractivity contribution in [2.45, 2.75) is 0 Å². The molecule has 98 valence electrons. The molecule has 0 unspecified atom stereocenters. The van der Waals surface area contributed by atoms with Gasteiger partial charge in [-0.1, -0.05) is 24.3 Å². The van der Waals surface area contributed by atoms with E-state index < -0.39 is 0 Å². The Bertz CT molecular complexity index is 533. The zero-order valence-corrected chi connectivity index (χ0v) is 10.5. The first kappa shape index (κ1) is 13.1. The molecule has 19 heavy (non-hydrogen) atoms. The van der Waals surface area contributed by atoms with Crippen LogP contribution in [0.5, 0.6) is 5.88 Å². The second-order valence-electron chi connectivity index (χ2n) is 4.00. The first-order valence-corrected chi connectivity index (χ1v) is 6.01. The quantitative estimate of drug-likeness (QED) is 0.805. The summed E-state index contributed by atoms with van der Waals surface area (Å²) in [6.45, 7) is 0.244. The number of nitrogen functional groups attached to an aromatic ring is 1. The number of aliphatic hydroxyl groups is 1. The van der Waals surface area contributed by atoms with E-state index in [4.69, 9.17) is 15.6 Å². The molecule has 0 aliphatic carbocycles. The van der Waals surface area contributed by atoms with Crippen LogP contribution in [0.2, 0.25) is 0 Å². The molecule has 0 spiro atoms. The average molecular weight is 256 g/mol. The molecule has 0 fully saturated rings. The third-order valence-corrected chi connectivity index (χ3v) is 2.51. The fraction of sp³-hybridized carbons (Fsp3) is 0.133. The van der Waals surface area contributed by atoms with Crippen molar-refractivity contribution < 1.29 is 9.84 Å². The number of anilines is 1. The van der Waals surface area contributed by atoms with Gasteiger partial charge in [0.05, 0.1) is 6.61 Å². The fourth-order valence-electron chi connectivity index (χ4n) is 1.53. The van der Waals surface area contributed by atoms with E-state index in [1.54, 1.807) is 12.3 Å². The molecule has 0 amide bonds. The van der Waals surface area contributed by atoms with E-state index in [1.807, 2.05) is 42.5 Å². The van der Waals surface area contributed by atoms with Crippen molar-refractivity contribution in [1.29, 1.82) is 0 Å². The Morgan fingerprint density at radius 1 is 1.05 bits per heavy atom. The zero-order valence-electron chi connectivity index (χ0n) is 10.5. The zero-order chi connectivity index (χ0) is 13.5. The monoisotopic (exact) mass is 256 g/mol. The molecule has 0 atom stereocenters. The Morgan fingerprint density at radius 2 is 1.74 bits per heavy atom. The van der Waals surface area contributed by atoms with Crippen LogP contribution in [0.1, 0.15) is 11.1 Å². The van der Waals surface area contributed by atoms with Gasteiger partial charge in [-0.05, 0) is 29.3 Å². The lowest BCUT2D eigenvalue weighted by Crippen LogP contribution is -2.02. The van der Waals surface area contributed by atoms with E-state index >= 15 is 0 Å². The number of ether oxygens (including phenoxy) is 1. The van der Waals surface area contributed by atoms with Crippen molar-refractivity contribution in [3.63, 3.8) is 0 Å². The highest BCUT2D eigenvalue weighted by Gasteiger charge is 1.94. The summed E-state index contributed by atoms with van der Waals surface area (Å²) in [4.78, 5) is 4.14. The molecule has 2 rings (SSSR count). The summed E-state index contributed by atoms with van der Waals surface area (Å²) < 4.78 is 5.19. The number of aliphatic hydroxyl groups excluding tert-OH is 1. The number of nitrogens with two attached hydrogens (primary N) is 1. The van der Waals surface area contributed by atoms with E-state index in [0.29, 0.717) is 5.88 Å². The number of benzene rings is 1. The lowest BCUT2D eigenvalue weighted by atomic mass is 10.1.